The number of aliphatic carboxylic acids is 1. The van der Waals surface area contributed by atoms with E-state index in [0.29, 0.717) is 12.3 Å². The molecule has 20 heavy (non-hydrogen) atoms. The van der Waals surface area contributed by atoms with Gasteiger partial charge in [0.05, 0.1) is 5.92 Å². The number of carboxylic acids is 1. The summed E-state index contributed by atoms with van der Waals surface area (Å²) in [6.45, 7) is 6.73. The third-order valence-corrected chi connectivity index (χ3v) is 4.20. The van der Waals surface area contributed by atoms with Gasteiger partial charge in [-0.15, -0.1) is 0 Å². The van der Waals surface area contributed by atoms with Gasteiger partial charge in [0.15, 0.2) is 0 Å². The lowest BCUT2D eigenvalue weighted by molar-refractivity contribution is -0.141. The molecule has 0 aromatic heterocycles. The monoisotopic (exact) mass is 284 g/mol. The molecule has 0 saturated heterocycles. The van der Waals surface area contributed by atoms with Crippen molar-refractivity contribution in [1.82, 2.24) is 10.2 Å². The molecule has 0 heterocycles. The van der Waals surface area contributed by atoms with E-state index < -0.39 is 5.97 Å². The van der Waals surface area contributed by atoms with Crippen LogP contribution in [-0.2, 0) is 4.79 Å². The highest BCUT2D eigenvalue weighted by Gasteiger charge is 2.34. The number of nitrogens with one attached hydrogen (secondary N) is 1. The molecule has 1 saturated carbocycles. The number of carboxylic acid groups (broad SMARTS) is 1. The molecule has 5 nitrogen and oxygen atoms in total. The fourth-order valence-corrected chi connectivity index (χ4v) is 2.33. The van der Waals surface area contributed by atoms with E-state index in [1.807, 2.05) is 14.0 Å². The summed E-state index contributed by atoms with van der Waals surface area (Å²) in [4.78, 5) is 24.4. The van der Waals surface area contributed by atoms with Crippen LogP contribution in [0.15, 0.2) is 0 Å². The Labute approximate surface area is 121 Å². The number of carbonyl (C=O) groups is 2. The van der Waals surface area contributed by atoms with Crippen LogP contribution >= 0.6 is 0 Å². The van der Waals surface area contributed by atoms with Crippen molar-refractivity contribution in [3.63, 3.8) is 0 Å². The molecule has 1 fully saturated rings. The molecular weight excluding hydrogens is 256 g/mol. The maximum absolute atomic E-state index is 11.9. The Kier molecular flexibility index (Phi) is 6.30. The second-order valence-corrected chi connectivity index (χ2v) is 6.37. The Morgan fingerprint density at radius 2 is 1.95 bits per heavy atom. The van der Waals surface area contributed by atoms with Gasteiger partial charge >= 0.3 is 12.0 Å². The van der Waals surface area contributed by atoms with Gasteiger partial charge in [0.2, 0.25) is 0 Å². The second kappa shape index (κ2) is 7.50. The van der Waals surface area contributed by atoms with Crippen molar-refractivity contribution in [3.05, 3.63) is 0 Å². The molecule has 0 aliphatic heterocycles. The van der Waals surface area contributed by atoms with E-state index in [1.165, 1.54) is 6.42 Å². The third kappa shape index (κ3) is 5.80. The van der Waals surface area contributed by atoms with Crippen LogP contribution in [0.2, 0.25) is 0 Å². The van der Waals surface area contributed by atoms with Gasteiger partial charge in [0.25, 0.3) is 0 Å². The topological polar surface area (TPSA) is 69.6 Å². The van der Waals surface area contributed by atoms with E-state index in [0.717, 1.165) is 25.3 Å². The van der Waals surface area contributed by atoms with Gasteiger partial charge in [0, 0.05) is 19.6 Å². The fourth-order valence-electron chi connectivity index (χ4n) is 2.33. The molecule has 0 radical (unpaired) electrons. The third-order valence-electron chi connectivity index (χ3n) is 4.20. The molecule has 0 spiro atoms. The molecular formula is C15H28N2O3. The molecule has 5 heteroatoms. The summed E-state index contributed by atoms with van der Waals surface area (Å²) in [5.41, 5.74) is 0. The number of rotatable bonds is 8. The number of hydrogen-bond donors (Lipinski definition) is 2. The van der Waals surface area contributed by atoms with E-state index in [-0.39, 0.29) is 18.0 Å². The van der Waals surface area contributed by atoms with Crippen molar-refractivity contribution in [2.24, 2.45) is 17.8 Å². The van der Waals surface area contributed by atoms with Crippen LogP contribution in [0.25, 0.3) is 0 Å². The Balaban J connectivity index is 2.15. The molecule has 0 bridgehead atoms. The van der Waals surface area contributed by atoms with Crippen LogP contribution in [0.1, 0.15) is 46.5 Å². The van der Waals surface area contributed by atoms with Crippen LogP contribution in [0.3, 0.4) is 0 Å². The summed E-state index contributed by atoms with van der Waals surface area (Å²) in [5, 5.41) is 11.8. The average molecular weight is 284 g/mol. The van der Waals surface area contributed by atoms with Gasteiger partial charge in [-0.2, -0.15) is 0 Å². The molecule has 116 valence electrons. The van der Waals surface area contributed by atoms with Crippen molar-refractivity contribution >= 4 is 12.0 Å². The highest BCUT2D eigenvalue weighted by atomic mass is 16.4. The van der Waals surface area contributed by atoms with E-state index >= 15 is 0 Å². The Morgan fingerprint density at radius 3 is 2.45 bits per heavy atom. The zero-order valence-electron chi connectivity index (χ0n) is 13.1. The molecule has 1 rings (SSSR count). The van der Waals surface area contributed by atoms with Crippen molar-refractivity contribution in [3.8, 4) is 0 Å². The smallest absolute Gasteiger partial charge is 0.317 e. The summed E-state index contributed by atoms with van der Waals surface area (Å²) in [6.07, 6.45) is 3.51. The van der Waals surface area contributed by atoms with E-state index in [2.05, 4.69) is 12.2 Å². The van der Waals surface area contributed by atoms with Crippen LogP contribution in [-0.4, -0.2) is 41.6 Å². The molecule has 0 aromatic rings. The van der Waals surface area contributed by atoms with Gasteiger partial charge in [0.1, 0.15) is 0 Å². The lowest BCUT2D eigenvalue weighted by Crippen LogP contribution is -2.42. The number of carbonyl (C=O) groups excluding carboxylic acids is 1. The number of nitrogens with zero attached hydrogens (tertiary/aromatic N) is 1. The zero-order valence-corrected chi connectivity index (χ0v) is 13.1. The first-order valence-electron chi connectivity index (χ1n) is 7.55. The van der Waals surface area contributed by atoms with E-state index in [1.54, 1.807) is 11.8 Å². The molecule has 4 atom stereocenters. The lowest BCUT2D eigenvalue weighted by Gasteiger charge is -2.21. The van der Waals surface area contributed by atoms with Crippen LogP contribution < -0.4 is 5.32 Å². The first-order chi connectivity index (χ1) is 9.31. The minimum absolute atomic E-state index is 0.0251. The standard InChI is InChI=1S/C15H28N2O3/c1-10(14(18)19)6-5-7-12(3)16-15(20)17(4)9-13-8-11(13)2/h10-13H,5-9H2,1-4H3,(H,16,20)(H,18,19). The summed E-state index contributed by atoms with van der Waals surface area (Å²) in [7, 11) is 1.83. The molecule has 2 amide bonds. The highest BCUT2D eigenvalue weighted by Crippen LogP contribution is 2.37. The summed E-state index contributed by atoms with van der Waals surface area (Å²) >= 11 is 0. The number of amides is 2. The first kappa shape index (κ1) is 16.8. The van der Waals surface area contributed by atoms with Crippen molar-refractivity contribution in [2.75, 3.05) is 13.6 Å². The normalized spacial score (nSPS) is 23.8. The van der Waals surface area contributed by atoms with Crippen LogP contribution in [0.4, 0.5) is 4.79 Å². The maximum Gasteiger partial charge on any atom is 0.317 e. The maximum atomic E-state index is 11.9. The van der Waals surface area contributed by atoms with Crippen LogP contribution in [0, 0.1) is 17.8 Å². The predicted octanol–water partition coefficient (Wildman–Crippen LogP) is 2.56. The average Bonchev–Trinajstić information content (AvgIpc) is 3.04. The lowest BCUT2D eigenvalue weighted by atomic mass is 10.0. The first-order valence-corrected chi connectivity index (χ1v) is 7.55. The molecule has 2 N–H and O–H groups in total. The molecule has 0 aromatic carbocycles. The van der Waals surface area contributed by atoms with Gasteiger partial charge in [-0.25, -0.2) is 4.79 Å². The summed E-state index contributed by atoms with van der Waals surface area (Å²) in [6, 6.07) is 0.0606. The second-order valence-electron chi connectivity index (χ2n) is 6.37. The minimum Gasteiger partial charge on any atom is -0.481 e. The molecule has 1 aliphatic carbocycles. The Bertz CT molecular complexity index is 346. The van der Waals surface area contributed by atoms with E-state index in [4.69, 9.17) is 5.11 Å². The highest BCUT2D eigenvalue weighted by molar-refractivity contribution is 5.74. The minimum atomic E-state index is -0.750. The van der Waals surface area contributed by atoms with E-state index in [9.17, 15) is 9.59 Å². The largest absolute Gasteiger partial charge is 0.481 e. The molecule has 4 unspecified atom stereocenters. The SMILES string of the molecule is CC(CCCC(C)C(=O)O)NC(=O)N(C)CC1CC1C. The van der Waals surface area contributed by atoms with Crippen molar-refractivity contribution in [2.45, 2.75) is 52.5 Å². The summed E-state index contributed by atoms with van der Waals surface area (Å²) < 4.78 is 0. The van der Waals surface area contributed by atoms with Crippen molar-refractivity contribution in [1.29, 1.82) is 0 Å². The van der Waals surface area contributed by atoms with Gasteiger partial charge in [-0.1, -0.05) is 20.3 Å². The number of hydrogen-bond acceptors (Lipinski definition) is 2. The molecule has 1 aliphatic rings. The van der Waals surface area contributed by atoms with Gasteiger partial charge in [-0.3, -0.25) is 4.79 Å². The number of urea groups is 1. The zero-order chi connectivity index (χ0) is 15.3. The van der Waals surface area contributed by atoms with Gasteiger partial charge in [-0.05, 0) is 38.0 Å². The summed E-state index contributed by atoms with van der Waals surface area (Å²) in [5.74, 6) is 0.356. The Morgan fingerprint density at radius 1 is 1.35 bits per heavy atom. The van der Waals surface area contributed by atoms with Crippen molar-refractivity contribution < 1.29 is 14.7 Å². The fraction of sp³-hybridized carbons (Fsp3) is 0.867. The van der Waals surface area contributed by atoms with Gasteiger partial charge < -0.3 is 15.3 Å². The Hall–Kier alpha value is -1.26. The quantitative estimate of drug-likeness (QED) is 0.719. The predicted molar refractivity (Wildman–Crippen MR) is 78.5 cm³/mol. The van der Waals surface area contributed by atoms with Crippen LogP contribution in [0.5, 0.6) is 0 Å².